The van der Waals surface area contributed by atoms with Gasteiger partial charge in [-0.1, -0.05) is 6.07 Å². The van der Waals surface area contributed by atoms with E-state index in [1.165, 1.54) is 0 Å². The summed E-state index contributed by atoms with van der Waals surface area (Å²) in [6, 6.07) is 7.51. The predicted molar refractivity (Wildman–Crippen MR) is 106 cm³/mol. The van der Waals surface area contributed by atoms with E-state index in [0.29, 0.717) is 27.3 Å². The molecule has 9 nitrogen and oxygen atoms in total. The van der Waals surface area contributed by atoms with Crippen LogP contribution >= 0.6 is 11.3 Å². The lowest BCUT2D eigenvalue weighted by Crippen LogP contribution is -2.10. The maximum absolute atomic E-state index is 11.8. The van der Waals surface area contributed by atoms with Gasteiger partial charge in [-0.15, -0.1) is 11.3 Å². The monoisotopic (exact) mass is 395 g/mol. The third-order valence-electron chi connectivity index (χ3n) is 4.14. The van der Waals surface area contributed by atoms with E-state index < -0.39 is 5.91 Å². The number of nitrogen functional groups attached to an aromatic ring is 1. The number of carbonyl (C=O) groups excluding carboxylic acids is 1. The highest BCUT2D eigenvalue weighted by atomic mass is 32.1. The summed E-state index contributed by atoms with van der Waals surface area (Å²) in [5.74, 6) is -0.615. The molecule has 0 aliphatic heterocycles. The van der Waals surface area contributed by atoms with Crippen LogP contribution in [0, 0.1) is 6.92 Å². The van der Waals surface area contributed by atoms with E-state index >= 15 is 0 Å². The summed E-state index contributed by atoms with van der Waals surface area (Å²) in [4.78, 5) is 26.0. The van der Waals surface area contributed by atoms with Gasteiger partial charge in [0.05, 0.1) is 16.8 Å². The molecule has 4 rings (SSSR count). The molecule has 4 aromatic rings. The highest BCUT2D eigenvalue weighted by molar-refractivity contribution is 7.21. The van der Waals surface area contributed by atoms with Crippen molar-refractivity contribution in [1.29, 1.82) is 0 Å². The van der Waals surface area contributed by atoms with E-state index in [1.807, 2.05) is 32.0 Å². The Morgan fingerprint density at radius 1 is 1.25 bits per heavy atom. The number of carbonyl (C=O) groups is 1. The molecule has 0 fully saturated rings. The summed E-state index contributed by atoms with van der Waals surface area (Å²) in [5.41, 5.74) is 14.5. The van der Waals surface area contributed by atoms with E-state index in [-0.39, 0.29) is 22.7 Å². The lowest BCUT2D eigenvalue weighted by atomic mass is 10.1. The highest BCUT2D eigenvalue weighted by Gasteiger charge is 2.23. The number of fused-ring (bicyclic) bond motifs is 1. The number of nitrogens with one attached hydrogen (secondary N) is 1. The van der Waals surface area contributed by atoms with Crippen molar-refractivity contribution in [2.75, 3.05) is 5.73 Å². The fourth-order valence-corrected chi connectivity index (χ4v) is 3.75. The maximum atomic E-state index is 11.8. The zero-order valence-electron chi connectivity index (χ0n) is 15.1. The minimum absolute atomic E-state index is 0.138. The van der Waals surface area contributed by atoms with Crippen LogP contribution in [0.15, 0.2) is 30.5 Å². The number of aromatic amines is 1. The van der Waals surface area contributed by atoms with Gasteiger partial charge in [-0.05, 0) is 32.0 Å². The number of hydrogen-bond acceptors (Lipinski definition) is 8. The van der Waals surface area contributed by atoms with Crippen LogP contribution in [0.25, 0.3) is 21.6 Å². The number of rotatable bonds is 5. The SMILES string of the molecule is Cc1cccc(-c2nc(OC(C)c3cc[nH]n3)nc3sc(C(N)=O)c(N)c23)n1. The molecule has 0 saturated carbocycles. The summed E-state index contributed by atoms with van der Waals surface area (Å²) in [6.07, 6.45) is 1.33. The molecular formula is C18H17N7O2S. The average molecular weight is 395 g/mol. The molecule has 0 aromatic carbocycles. The van der Waals surface area contributed by atoms with Gasteiger partial charge in [0, 0.05) is 11.9 Å². The molecule has 0 spiro atoms. The second-order valence-corrected chi connectivity index (χ2v) is 7.17. The number of primary amides is 1. The number of hydrogen-bond donors (Lipinski definition) is 3. The van der Waals surface area contributed by atoms with Crippen molar-refractivity contribution in [3.63, 3.8) is 0 Å². The summed E-state index contributed by atoms with van der Waals surface area (Å²) in [5, 5.41) is 7.40. The van der Waals surface area contributed by atoms with E-state index in [0.717, 1.165) is 17.0 Å². The number of thiophene rings is 1. The number of aromatic nitrogens is 5. The molecule has 0 aliphatic rings. The van der Waals surface area contributed by atoms with E-state index in [2.05, 4.69) is 25.1 Å². The van der Waals surface area contributed by atoms with Crippen LogP contribution in [-0.2, 0) is 0 Å². The van der Waals surface area contributed by atoms with Crippen molar-refractivity contribution in [3.8, 4) is 17.4 Å². The third kappa shape index (κ3) is 3.14. The smallest absolute Gasteiger partial charge is 0.319 e. The first-order chi connectivity index (χ1) is 13.4. The van der Waals surface area contributed by atoms with Crippen molar-refractivity contribution >= 4 is 33.1 Å². The largest absolute Gasteiger partial charge is 0.454 e. The second-order valence-electron chi connectivity index (χ2n) is 6.17. The van der Waals surface area contributed by atoms with Crippen molar-refractivity contribution in [3.05, 3.63) is 46.7 Å². The van der Waals surface area contributed by atoms with Gasteiger partial charge in [0.2, 0.25) is 0 Å². The molecule has 0 bridgehead atoms. The van der Waals surface area contributed by atoms with Crippen LogP contribution in [0.2, 0.25) is 0 Å². The average Bonchev–Trinajstić information content (AvgIpc) is 3.30. The summed E-state index contributed by atoms with van der Waals surface area (Å²) < 4.78 is 5.89. The lowest BCUT2D eigenvalue weighted by molar-refractivity contribution is 0.100. The number of nitrogens with zero attached hydrogens (tertiary/aromatic N) is 4. The van der Waals surface area contributed by atoms with Crippen LogP contribution in [0.4, 0.5) is 5.69 Å². The van der Waals surface area contributed by atoms with Gasteiger partial charge in [0.25, 0.3) is 5.91 Å². The minimum atomic E-state index is -0.615. The molecule has 1 amide bonds. The highest BCUT2D eigenvalue weighted by Crippen LogP contribution is 2.39. The second kappa shape index (κ2) is 6.89. The van der Waals surface area contributed by atoms with Crippen molar-refractivity contribution in [1.82, 2.24) is 25.1 Å². The fraction of sp³-hybridized carbons (Fsp3) is 0.167. The van der Waals surface area contributed by atoms with Crippen LogP contribution < -0.4 is 16.2 Å². The zero-order valence-corrected chi connectivity index (χ0v) is 15.9. The molecular weight excluding hydrogens is 378 g/mol. The van der Waals surface area contributed by atoms with Gasteiger partial charge >= 0.3 is 6.01 Å². The van der Waals surface area contributed by atoms with Crippen LogP contribution in [-0.4, -0.2) is 31.1 Å². The normalized spacial score (nSPS) is 12.2. The molecule has 4 aromatic heterocycles. The van der Waals surface area contributed by atoms with Crippen LogP contribution in [0.5, 0.6) is 6.01 Å². The molecule has 1 unspecified atom stereocenters. The summed E-state index contributed by atoms with van der Waals surface area (Å²) in [7, 11) is 0. The van der Waals surface area contributed by atoms with Crippen molar-refractivity contribution in [2.45, 2.75) is 20.0 Å². The number of aryl methyl sites for hydroxylation is 1. The first kappa shape index (κ1) is 17.9. The third-order valence-corrected chi connectivity index (χ3v) is 5.26. The van der Waals surface area contributed by atoms with Crippen molar-refractivity contribution in [2.24, 2.45) is 5.73 Å². The van der Waals surface area contributed by atoms with Gasteiger partial charge < -0.3 is 16.2 Å². The quantitative estimate of drug-likeness (QED) is 0.471. The number of H-pyrrole nitrogens is 1. The Labute approximate surface area is 163 Å². The molecule has 10 heteroatoms. The van der Waals surface area contributed by atoms with Gasteiger partial charge in [0.1, 0.15) is 27.2 Å². The molecule has 142 valence electrons. The Hall–Kier alpha value is -3.53. The topological polar surface area (TPSA) is 146 Å². The zero-order chi connectivity index (χ0) is 19.8. The predicted octanol–water partition coefficient (Wildman–Crippen LogP) is 2.61. The van der Waals surface area contributed by atoms with Crippen LogP contribution in [0.3, 0.4) is 0 Å². The van der Waals surface area contributed by atoms with Crippen molar-refractivity contribution < 1.29 is 9.53 Å². The Morgan fingerprint density at radius 2 is 2.07 bits per heavy atom. The number of pyridine rings is 1. The molecule has 0 saturated heterocycles. The molecule has 0 radical (unpaired) electrons. The number of amides is 1. The molecule has 0 aliphatic carbocycles. The Balaban J connectivity index is 1.89. The number of nitrogens with two attached hydrogens (primary N) is 2. The molecule has 1 atom stereocenters. The standard InChI is InChI=1S/C18H17N7O2S/c1-8-4-3-5-11(22-8)14-12-13(19)15(16(20)26)28-17(12)24-18(23-14)27-9(2)10-6-7-21-25-10/h3-7,9H,19H2,1-2H3,(H2,20,26)(H,21,25). The first-order valence-corrected chi connectivity index (χ1v) is 9.26. The number of ether oxygens (including phenoxy) is 1. The van der Waals surface area contributed by atoms with Gasteiger partial charge in [-0.3, -0.25) is 14.9 Å². The first-order valence-electron chi connectivity index (χ1n) is 8.44. The summed E-state index contributed by atoms with van der Waals surface area (Å²) in [6.45, 7) is 3.72. The van der Waals surface area contributed by atoms with E-state index in [4.69, 9.17) is 16.2 Å². The fourth-order valence-electron chi connectivity index (χ4n) is 2.82. The van der Waals surface area contributed by atoms with Crippen LogP contribution in [0.1, 0.15) is 34.1 Å². The van der Waals surface area contributed by atoms with Gasteiger partial charge in [-0.2, -0.15) is 15.1 Å². The van der Waals surface area contributed by atoms with E-state index in [1.54, 1.807) is 12.3 Å². The number of anilines is 1. The van der Waals surface area contributed by atoms with Gasteiger partial charge in [0.15, 0.2) is 0 Å². The molecule has 4 heterocycles. The Kier molecular flexibility index (Phi) is 4.40. The summed E-state index contributed by atoms with van der Waals surface area (Å²) >= 11 is 1.10. The maximum Gasteiger partial charge on any atom is 0.319 e. The van der Waals surface area contributed by atoms with E-state index in [9.17, 15) is 4.79 Å². The lowest BCUT2D eigenvalue weighted by Gasteiger charge is -2.12. The molecule has 28 heavy (non-hydrogen) atoms. The minimum Gasteiger partial charge on any atom is -0.454 e. The Morgan fingerprint density at radius 3 is 2.75 bits per heavy atom. The van der Waals surface area contributed by atoms with Gasteiger partial charge in [-0.25, -0.2) is 0 Å². The molecule has 5 N–H and O–H groups in total. The Bertz CT molecular complexity index is 1170.